The molecule has 3 rings (SSSR count). The van der Waals surface area contributed by atoms with Gasteiger partial charge in [-0.15, -0.1) is 0 Å². The zero-order valence-corrected chi connectivity index (χ0v) is 16.1. The third-order valence-electron chi connectivity index (χ3n) is 6.83. The van der Waals surface area contributed by atoms with Gasteiger partial charge < -0.3 is 9.15 Å². The zero-order valence-electron chi connectivity index (χ0n) is 16.1. The van der Waals surface area contributed by atoms with Crippen molar-refractivity contribution in [3.05, 3.63) is 23.2 Å². The van der Waals surface area contributed by atoms with Crippen LogP contribution in [0.3, 0.4) is 0 Å². The molecule has 0 amide bonds. The summed E-state index contributed by atoms with van der Waals surface area (Å²) in [6.07, 6.45) is 5.39. The van der Waals surface area contributed by atoms with Crippen molar-refractivity contribution in [3.8, 4) is 0 Å². The maximum Gasteiger partial charge on any atom is 0.306 e. The molecule has 2 aliphatic rings. The van der Waals surface area contributed by atoms with E-state index in [1.807, 2.05) is 6.92 Å². The quantitative estimate of drug-likeness (QED) is 0.740. The van der Waals surface area contributed by atoms with Crippen molar-refractivity contribution >= 4 is 11.8 Å². The van der Waals surface area contributed by atoms with Gasteiger partial charge in [0.25, 0.3) is 0 Å². The minimum Gasteiger partial charge on any atom is -0.462 e. The fraction of sp³-hybridized carbons (Fsp3) is 0.714. The summed E-state index contributed by atoms with van der Waals surface area (Å²) in [5.41, 5.74) is 1.91. The lowest BCUT2D eigenvalue weighted by molar-refractivity contribution is -0.160. The minimum absolute atomic E-state index is 0.0370. The number of rotatable bonds is 4. The summed E-state index contributed by atoms with van der Waals surface area (Å²) < 4.78 is 11.4. The van der Waals surface area contributed by atoms with Crippen LogP contribution in [0.4, 0.5) is 0 Å². The SMILES string of the molecule is CCC(C)CC(=O)OC1CCC2C(=O)c3occ(C)c3CC2(C)C1C. The van der Waals surface area contributed by atoms with Crippen LogP contribution in [0.1, 0.15) is 75.1 Å². The Hall–Kier alpha value is -1.58. The number of furan rings is 1. The van der Waals surface area contributed by atoms with E-state index in [2.05, 4.69) is 27.7 Å². The molecule has 0 spiro atoms. The summed E-state index contributed by atoms with van der Waals surface area (Å²) >= 11 is 0. The molecule has 0 aliphatic heterocycles. The molecular weight excluding hydrogens is 316 g/mol. The maximum atomic E-state index is 12.9. The smallest absolute Gasteiger partial charge is 0.306 e. The van der Waals surface area contributed by atoms with Crippen LogP contribution in [0.25, 0.3) is 0 Å². The first-order valence-electron chi connectivity index (χ1n) is 9.58. The Balaban J connectivity index is 1.79. The number of carbonyl (C=O) groups is 2. The molecule has 1 heterocycles. The molecule has 5 atom stereocenters. The summed E-state index contributed by atoms with van der Waals surface area (Å²) in [7, 11) is 0. The van der Waals surface area contributed by atoms with E-state index in [9.17, 15) is 9.59 Å². The Morgan fingerprint density at radius 1 is 1.44 bits per heavy atom. The highest BCUT2D eigenvalue weighted by molar-refractivity contribution is 5.98. The van der Waals surface area contributed by atoms with E-state index < -0.39 is 0 Å². The first-order valence-corrected chi connectivity index (χ1v) is 9.58. The van der Waals surface area contributed by atoms with Crippen molar-refractivity contribution in [2.24, 2.45) is 23.2 Å². The summed E-state index contributed by atoms with van der Waals surface area (Å²) in [6, 6.07) is 0. The second-order valence-electron chi connectivity index (χ2n) is 8.44. The Labute approximate surface area is 150 Å². The van der Waals surface area contributed by atoms with Crippen LogP contribution in [0, 0.1) is 30.1 Å². The monoisotopic (exact) mass is 346 g/mol. The lowest BCUT2D eigenvalue weighted by Crippen LogP contribution is -2.52. The van der Waals surface area contributed by atoms with Gasteiger partial charge in [-0.3, -0.25) is 9.59 Å². The molecule has 4 heteroatoms. The third-order valence-corrected chi connectivity index (χ3v) is 6.83. The highest BCUT2D eigenvalue weighted by Gasteiger charge is 2.54. The molecule has 0 saturated heterocycles. The van der Waals surface area contributed by atoms with Crippen LogP contribution in [-0.4, -0.2) is 17.9 Å². The van der Waals surface area contributed by atoms with E-state index in [0.29, 0.717) is 18.1 Å². The minimum atomic E-state index is -0.182. The first-order chi connectivity index (χ1) is 11.8. The van der Waals surface area contributed by atoms with Crippen LogP contribution in [0.15, 0.2) is 10.7 Å². The van der Waals surface area contributed by atoms with Crippen molar-refractivity contribution in [1.82, 2.24) is 0 Å². The summed E-state index contributed by atoms with van der Waals surface area (Å²) in [6.45, 7) is 10.5. The molecule has 0 aromatic carbocycles. The van der Waals surface area contributed by atoms with Crippen molar-refractivity contribution in [3.63, 3.8) is 0 Å². The lowest BCUT2D eigenvalue weighted by atomic mass is 9.54. The molecule has 0 N–H and O–H groups in total. The van der Waals surface area contributed by atoms with Gasteiger partial charge in [0, 0.05) is 17.9 Å². The molecule has 1 saturated carbocycles. The molecular formula is C21H30O4. The fourth-order valence-electron chi connectivity index (χ4n) is 4.61. The second-order valence-corrected chi connectivity index (χ2v) is 8.44. The third kappa shape index (κ3) is 3.04. The van der Waals surface area contributed by atoms with E-state index in [1.54, 1.807) is 6.26 Å². The van der Waals surface area contributed by atoms with E-state index in [-0.39, 0.29) is 35.1 Å². The van der Waals surface area contributed by atoms with Crippen LogP contribution in [0.2, 0.25) is 0 Å². The van der Waals surface area contributed by atoms with Crippen LogP contribution in [-0.2, 0) is 16.0 Å². The number of Topliss-reactive ketones (excluding diaryl/α,β-unsaturated/α-hetero) is 1. The van der Waals surface area contributed by atoms with Gasteiger partial charge in [-0.1, -0.05) is 34.1 Å². The average molecular weight is 346 g/mol. The number of aryl methyl sites for hydroxylation is 1. The standard InChI is InChI=1S/C21H30O4/c1-6-12(2)9-18(22)25-17-8-7-16-19(23)20-15(13(3)11-24-20)10-21(16,5)14(17)4/h11-12,14,16-17H,6-10H2,1-5H3. The van der Waals surface area contributed by atoms with Gasteiger partial charge in [0.15, 0.2) is 5.76 Å². The Kier molecular flexibility index (Phi) is 4.82. The summed E-state index contributed by atoms with van der Waals surface area (Å²) in [5.74, 6) is 1.05. The van der Waals surface area contributed by atoms with Crippen molar-refractivity contribution < 1.29 is 18.7 Å². The molecule has 138 valence electrons. The molecule has 5 unspecified atom stereocenters. The number of hydrogen-bond acceptors (Lipinski definition) is 4. The number of ether oxygens (including phenoxy) is 1. The first kappa shape index (κ1) is 18.2. The average Bonchev–Trinajstić information content (AvgIpc) is 2.92. The predicted molar refractivity (Wildman–Crippen MR) is 95.4 cm³/mol. The lowest BCUT2D eigenvalue weighted by Gasteiger charge is -2.50. The van der Waals surface area contributed by atoms with E-state index in [1.165, 1.54) is 0 Å². The van der Waals surface area contributed by atoms with Crippen molar-refractivity contribution in [2.75, 3.05) is 0 Å². The van der Waals surface area contributed by atoms with Crippen LogP contribution >= 0.6 is 0 Å². The molecule has 25 heavy (non-hydrogen) atoms. The second kappa shape index (κ2) is 6.62. The Morgan fingerprint density at radius 2 is 2.16 bits per heavy atom. The number of esters is 1. The predicted octanol–water partition coefficient (Wildman–Crippen LogP) is 4.73. The van der Waals surface area contributed by atoms with Gasteiger partial charge in [0.05, 0.1) is 6.26 Å². The number of carbonyl (C=O) groups excluding carboxylic acids is 2. The number of fused-ring (bicyclic) bond motifs is 2. The maximum absolute atomic E-state index is 12.9. The Morgan fingerprint density at radius 3 is 2.84 bits per heavy atom. The molecule has 1 aromatic rings. The zero-order chi connectivity index (χ0) is 18.4. The number of ketones is 1. The number of hydrogen-bond donors (Lipinski definition) is 0. The molecule has 2 aliphatic carbocycles. The molecule has 1 aromatic heterocycles. The van der Waals surface area contributed by atoms with Gasteiger partial charge in [0.1, 0.15) is 6.10 Å². The highest BCUT2D eigenvalue weighted by atomic mass is 16.5. The molecule has 4 nitrogen and oxygen atoms in total. The van der Waals surface area contributed by atoms with Gasteiger partial charge in [0.2, 0.25) is 5.78 Å². The molecule has 0 bridgehead atoms. The van der Waals surface area contributed by atoms with Crippen molar-refractivity contribution in [1.29, 1.82) is 0 Å². The topological polar surface area (TPSA) is 56.5 Å². The van der Waals surface area contributed by atoms with Gasteiger partial charge >= 0.3 is 5.97 Å². The van der Waals surface area contributed by atoms with Crippen molar-refractivity contribution in [2.45, 2.75) is 72.8 Å². The van der Waals surface area contributed by atoms with Crippen LogP contribution < -0.4 is 0 Å². The largest absolute Gasteiger partial charge is 0.462 e. The Bertz CT molecular complexity index is 673. The van der Waals surface area contributed by atoms with E-state index in [0.717, 1.165) is 36.8 Å². The summed E-state index contributed by atoms with van der Waals surface area (Å²) in [5, 5.41) is 0. The molecule has 0 radical (unpaired) electrons. The van der Waals surface area contributed by atoms with Gasteiger partial charge in [-0.25, -0.2) is 0 Å². The fourth-order valence-corrected chi connectivity index (χ4v) is 4.61. The normalized spacial score (nSPS) is 32.7. The summed E-state index contributed by atoms with van der Waals surface area (Å²) in [4.78, 5) is 25.2. The van der Waals surface area contributed by atoms with E-state index in [4.69, 9.17) is 9.15 Å². The van der Waals surface area contributed by atoms with Crippen LogP contribution in [0.5, 0.6) is 0 Å². The van der Waals surface area contributed by atoms with E-state index >= 15 is 0 Å². The van der Waals surface area contributed by atoms with Gasteiger partial charge in [-0.05, 0) is 49.0 Å². The van der Waals surface area contributed by atoms with Gasteiger partial charge in [-0.2, -0.15) is 0 Å². The molecule has 1 fully saturated rings. The highest BCUT2D eigenvalue weighted by Crippen LogP contribution is 2.53.